The monoisotopic (exact) mass is 317 g/mol. The molecule has 4 nitrogen and oxygen atoms in total. The van der Waals surface area contributed by atoms with Gasteiger partial charge in [-0.1, -0.05) is 18.9 Å². The summed E-state index contributed by atoms with van der Waals surface area (Å²) in [7, 11) is 3.21. The summed E-state index contributed by atoms with van der Waals surface area (Å²) < 4.78 is 10.9. The largest absolute Gasteiger partial charge is 0.493 e. The van der Waals surface area contributed by atoms with Crippen molar-refractivity contribution in [3.05, 3.63) is 35.9 Å². The minimum atomic E-state index is 0.0747. The predicted octanol–water partition coefficient (Wildman–Crippen LogP) is 3.84. The summed E-state index contributed by atoms with van der Waals surface area (Å²) in [5, 5.41) is 0. The van der Waals surface area contributed by atoms with Crippen molar-refractivity contribution in [3.8, 4) is 11.5 Å². The first-order valence-electron chi connectivity index (χ1n) is 8.33. The summed E-state index contributed by atoms with van der Waals surface area (Å²) in [6, 6.07) is 4.05. The van der Waals surface area contributed by atoms with E-state index in [4.69, 9.17) is 9.47 Å². The van der Waals surface area contributed by atoms with Gasteiger partial charge in [0.15, 0.2) is 11.5 Å². The van der Waals surface area contributed by atoms with Crippen LogP contribution in [0.2, 0.25) is 0 Å². The van der Waals surface area contributed by atoms with Crippen molar-refractivity contribution in [1.82, 2.24) is 4.90 Å². The van der Waals surface area contributed by atoms with Crippen LogP contribution in [-0.4, -0.2) is 37.6 Å². The zero-order valence-corrected chi connectivity index (χ0v) is 14.4. The van der Waals surface area contributed by atoms with Crippen molar-refractivity contribution in [2.45, 2.75) is 45.1 Å². The number of carbonyl (C=O) groups excluding carboxylic acids is 1. The number of hydrogen-bond donors (Lipinski definition) is 0. The Bertz CT molecular complexity index is 562. The lowest BCUT2D eigenvalue weighted by molar-refractivity contribution is 0.0693. The van der Waals surface area contributed by atoms with Crippen LogP contribution >= 0.6 is 0 Å². The first-order valence-corrected chi connectivity index (χ1v) is 8.33. The van der Waals surface area contributed by atoms with E-state index >= 15 is 0 Å². The van der Waals surface area contributed by atoms with Crippen molar-refractivity contribution in [1.29, 1.82) is 0 Å². The highest BCUT2D eigenvalue weighted by molar-refractivity contribution is 5.95. The third-order valence-electron chi connectivity index (χ3n) is 4.53. The lowest BCUT2D eigenvalue weighted by atomic mass is 10.0. The van der Waals surface area contributed by atoms with Crippen molar-refractivity contribution < 1.29 is 14.3 Å². The molecule has 0 bridgehead atoms. The zero-order valence-electron chi connectivity index (χ0n) is 14.4. The van der Waals surface area contributed by atoms with E-state index in [-0.39, 0.29) is 5.91 Å². The van der Waals surface area contributed by atoms with Crippen molar-refractivity contribution >= 4 is 5.91 Å². The number of hydrogen-bond acceptors (Lipinski definition) is 3. The highest BCUT2D eigenvalue weighted by Gasteiger charge is 2.27. The van der Waals surface area contributed by atoms with E-state index in [9.17, 15) is 4.79 Å². The highest BCUT2D eigenvalue weighted by atomic mass is 16.5. The minimum Gasteiger partial charge on any atom is -0.493 e. The molecule has 1 aliphatic carbocycles. The molecule has 1 fully saturated rings. The third kappa shape index (κ3) is 3.69. The topological polar surface area (TPSA) is 38.8 Å². The number of carbonyl (C=O) groups is 1. The molecule has 1 amide bonds. The molecule has 0 aliphatic heterocycles. The first kappa shape index (κ1) is 17.4. The molecule has 2 rings (SSSR count). The van der Waals surface area contributed by atoms with Gasteiger partial charge in [-0.05, 0) is 38.3 Å². The lowest BCUT2D eigenvalue weighted by Crippen LogP contribution is -2.38. The SMILES string of the molecule is C=CCc1cc(C(=O)N(CC)C2CCCC2)cc(OC)c1OC. The first-order chi connectivity index (χ1) is 11.2. The quantitative estimate of drug-likeness (QED) is 0.717. The molecule has 4 heteroatoms. The van der Waals surface area contributed by atoms with E-state index in [2.05, 4.69) is 6.58 Å². The Morgan fingerprint density at radius 2 is 2.00 bits per heavy atom. The maximum absolute atomic E-state index is 13.0. The van der Waals surface area contributed by atoms with Gasteiger partial charge >= 0.3 is 0 Å². The summed E-state index contributed by atoms with van der Waals surface area (Å²) >= 11 is 0. The summed E-state index contributed by atoms with van der Waals surface area (Å²) in [6.07, 6.45) is 7.07. The summed E-state index contributed by atoms with van der Waals surface area (Å²) in [4.78, 5) is 15.0. The van der Waals surface area contributed by atoms with Crippen molar-refractivity contribution in [2.24, 2.45) is 0 Å². The average Bonchev–Trinajstić information content (AvgIpc) is 3.09. The van der Waals surface area contributed by atoms with E-state index in [1.54, 1.807) is 26.4 Å². The van der Waals surface area contributed by atoms with Gasteiger partial charge in [0.25, 0.3) is 5.91 Å². The number of rotatable bonds is 7. The van der Waals surface area contributed by atoms with Crippen LogP contribution in [0, 0.1) is 0 Å². The van der Waals surface area contributed by atoms with Gasteiger partial charge in [-0.25, -0.2) is 0 Å². The maximum atomic E-state index is 13.0. The molecule has 23 heavy (non-hydrogen) atoms. The fourth-order valence-corrected chi connectivity index (χ4v) is 3.42. The molecule has 0 saturated heterocycles. The Morgan fingerprint density at radius 1 is 1.30 bits per heavy atom. The number of methoxy groups -OCH3 is 2. The normalized spacial score (nSPS) is 14.6. The molecule has 0 aromatic heterocycles. The van der Waals surface area contributed by atoms with Gasteiger partial charge in [-0.15, -0.1) is 6.58 Å². The number of amides is 1. The Hall–Kier alpha value is -1.97. The molecule has 1 saturated carbocycles. The molecule has 1 aliphatic rings. The number of nitrogens with zero attached hydrogens (tertiary/aromatic N) is 1. The predicted molar refractivity (Wildman–Crippen MR) is 92.4 cm³/mol. The molecular weight excluding hydrogens is 290 g/mol. The van der Waals surface area contributed by atoms with Crippen LogP contribution in [0.5, 0.6) is 11.5 Å². The molecule has 1 aromatic carbocycles. The van der Waals surface area contributed by atoms with E-state index in [1.165, 1.54) is 12.8 Å². The highest BCUT2D eigenvalue weighted by Crippen LogP contribution is 2.34. The lowest BCUT2D eigenvalue weighted by Gasteiger charge is -2.28. The molecule has 0 radical (unpaired) electrons. The second-order valence-electron chi connectivity index (χ2n) is 5.89. The van der Waals surface area contributed by atoms with E-state index in [1.807, 2.05) is 17.9 Å². The number of ether oxygens (including phenoxy) is 2. The van der Waals surface area contributed by atoms with Crippen LogP contribution in [0.25, 0.3) is 0 Å². The van der Waals surface area contributed by atoms with Crippen LogP contribution in [0.15, 0.2) is 24.8 Å². The summed E-state index contributed by atoms with van der Waals surface area (Å²) in [6.45, 7) is 6.56. The second-order valence-corrected chi connectivity index (χ2v) is 5.89. The number of benzene rings is 1. The average molecular weight is 317 g/mol. The Morgan fingerprint density at radius 3 is 2.52 bits per heavy atom. The van der Waals surface area contributed by atoms with E-state index in [0.29, 0.717) is 29.5 Å². The molecule has 0 N–H and O–H groups in total. The van der Waals surface area contributed by atoms with Gasteiger partial charge in [0.05, 0.1) is 14.2 Å². The smallest absolute Gasteiger partial charge is 0.254 e. The van der Waals surface area contributed by atoms with Crippen LogP contribution in [0.3, 0.4) is 0 Å². The van der Waals surface area contributed by atoms with Gasteiger partial charge in [0.2, 0.25) is 0 Å². The fraction of sp³-hybridized carbons (Fsp3) is 0.526. The van der Waals surface area contributed by atoms with E-state index in [0.717, 1.165) is 24.9 Å². The fourth-order valence-electron chi connectivity index (χ4n) is 3.42. The molecule has 1 aromatic rings. The van der Waals surface area contributed by atoms with Gasteiger partial charge < -0.3 is 14.4 Å². The zero-order chi connectivity index (χ0) is 16.8. The van der Waals surface area contributed by atoms with Crippen LogP contribution in [0.1, 0.15) is 48.5 Å². The van der Waals surface area contributed by atoms with Gasteiger partial charge in [-0.3, -0.25) is 4.79 Å². The Labute approximate surface area is 139 Å². The Balaban J connectivity index is 2.38. The Kier molecular flexibility index (Phi) is 6.08. The minimum absolute atomic E-state index is 0.0747. The number of allylic oxidation sites excluding steroid dienone is 1. The second kappa shape index (κ2) is 8.04. The van der Waals surface area contributed by atoms with Crippen molar-refractivity contribution in [3.63, 3.8) is 0 Å². The maximum Gasteiger partial charge on any atom is 0.254 e. The third-order valence-corrected chi connectivity index (χ3v) is 4.53. The van der Waals surface area contributed by atoms with Crippen LogP contribution in [0.4, 0.5) is 0 Å². The molecular formula is C19H27NO3. The van der Waals surface area contributed by atoms with Crippen LogP contribution in [-0.2, 0) is 6.42 Å². The van der Waals surface area contributed by atoms with Gasteiger partial charge in [0.1, 0.15) is 0 Å². The van der Waals surface area contributed by atoms with Gasteiger partial charge in [-0.2, -0.15) is 0 Å². The molecule has 0 spiro atoms. The van der Waals surface area contributed by atoms with E-state index < -0.39 is 0 Å². The van der Waals surface area contributed by atoms with Crippen LogP contribution < -0.4 is 9.47 Å². The van der Waals surface area contributed by atoms with Crippen molar-refractivity contribution in [2.75, 3.05) is 20.8 Å². The molecule has 126 valence electrons. The van der Waals surface area contributed by atoms with Gasteiger partial charge in [0, 0.05) is 23.7 Å². The molecule has 0 heterocycles. The molecule has 0 unspecified atom stereocenters. The molecule has 0 atom stereocenters. The summed E-state index contributed by atoms with van der Waals surface area (Å²) in [5.41, 5.74) is 1.58. The standard InChI is InChI=1S/C19H27NO3/c1-5-9-14-12-15(13-17(22-3)18(14)23-4)19(21)20(6-2)16-10-7-8-11-16/h5,12-13,16H,1,6-11H2,2-4H3. The summed E-state index contributed by atoms with van der Waals surface area (Å²) in [5.74, 6) is 1.34.